The molecule has 1 atom stereocenters. The average molecular weight is 432 g/mol. The number of anilines is 1. The number of halogens is 1. The first-order valence-corrected chi connectivity index (χ1v) is 10.8. The van der Waals surface area contributed by atoms with Crippen LogP contribution in [0.2, 0.25) is 5.02 Å². The van der Waals surface area contributed by atoms with Crippen LogP contribution in [-0.2, 0) is 16.2 Å². The molecule has 4 rings (SSSR count). The standard InChI is InChI=1S/C21H22ClN3O3S/c1-3-23-20(27)25-10-11-29-21(25)16-12-15(28-2)8-9-18(16)24(19(21)26)13-14-6-4-5-7-17(14)22/h4-9,12H,3,10-11,13H2,1-2H3,(H,23,27). The molecule has 1 unspecified atom stereocenters. The molecule has 0 saturated carbocycles. The number of carbonyl (C=O) groups excluding carboxylic acids is 2. The van der Waals surface area contributed by atoms with E-state index in [0.29, 0.717) is 36.2 Å². The summed E-state index contributed by atoms with van der Waals surface area (Å²) in [6.45, 7) is 3.20. The van der Waals surface area contributed by atoms with Crippen LogP contribution in [0.3, 0.4) is 0 Å². The number of nitrogens with one attached hydrogen (secondary N) is 1. The topological polar surface area (TPSA) is 61.9 Å². The molecule has 1 N–H and O–H groups in total. The fourth-order valence-electron chi connectivity index (χ4n) is 3.92. The summed E-state index contributed by atoms with van der Waals surface area (Å²) in [4.78, 5) is 28.9. The molecule has 1 saturated heterocycles. The second kappa shape index (κ2) is 7.80. The van der Waals surface area contributed by atoms with Crippen molar-refractivity contribution in [2.24, 2.45) is 0 Å². The van der Waals surface area contributed by atoms with E-state index in [4.69, 9.17) is 16.3 Å². The monoisotopic (exact) mass is 431 g/mol. The summed E-state index contributed by atoms with van der Waals surface area (Å²) in [5.74, 6) is 1.20. The number of rotatable bonds is 4. The molecule has 8 heteroatoms. The Balaban J connectivity index is 1.82. The summed E-state index contributed by atoms with van der Waals surface area (Å²) in [6, 6.07) is 12.8. The molecule has 6 nitrogen and oxygen atoms in total. The highest BCUT2D eigenvalue weighted by atomic mass is 35.5. The Kier molecular flexibility index (Phi) is 5.36. The number of nitrogens with zero attached hydrogens (tertiary/aromatic N) is 2. The summed E-state index contributed by atoms with van der Waals surface area (Å²) < 4.78 is 5.41. The van der Waals surface area contributed by atoms with Crippen molar-refractivity contribution in [1.29, 1.82) is 0 Å². The second-order valence-corrected chi connectivity index (χ2v) is 8.54. The highest BCUT2D eigenvalue weighted by Crippen LogP contribution is 2.55. The lowest BCUT2D eigenvalue weighted by Crippen LogP contribution is -2.53. The third-order valence-corrected chi connectivity index (χ3v) is 7.05. The van der Waals surface area contributed by atoms with Crippen LogP contribution in [0.25, 0.3) is 0 Å². The van der Waals surface area contributed by atoms with E-state index in [9.17, 15) is 9.59 Å². The van der Waals surface area contributed by atoms with Crippen LogP contribution in [0.4, 0.5) is 10.5 Å². The van der Waals surface area contributed by atoms with E-state index in [2.05, 4.69) is 5.32 Å². The van der Waals surface area contributed by atoms with Gasteiger partial charge in [0.05, 0.1) is 19.3 Å². The molecule has 2 heterocycles. The molecule has 1 spiro atoms. The fourth-order valence-corrected chi connectivity index (χ4v) is 5.57. The van der Waals surface area contributed by atoms with Crippen molar-refractivity contribution in [2.45, 2.75) is 18.3 Å². The number of thioether (sulfide) groups is 1. The maximum Gasteiger partial charge on any atom is 0.319 e. The predicted molar refractivity (Wildman–Crippen MR) is 116 cm³/mol. The van der Waals surface area contributed by atoms with Gasteiger partial charge in [-0.25, -0.2) is 4.79 Å². The quantitative estimate of drug-likeness (QED) is 0.799. The molecule has 2 aromatic carbocycles. The van der Waals surface area contributed by atoms with Gasteiger partial charge in [0.2, 0.25) is 0 Å². The molecule has 152 valence electrons. The third-order valence-electron chi connectivity index (χ3n) is 5.26. The second-order valence-electron chi connectivity index (χ2n) is 6.85. The van der Waals surface area contributed by atoms with Crippen molar-refractivity contribution >= 4 is 41.0 Å². The van der Waals surface area contributed by atoms with Crippen molar-refractivity contribution in [1.82, 2.24) is 10.2 Å². The number of amides is 3. The lowest BCUT2D eigenvalue weighted by molar-refractivity contribution is -0.123. The third kappa shape index (κ3) is 3.13. The van der Waals surface area contributed by atoms with E-state index in [1.54, 1.807) is 16.9 Å². The van der Waals surface area contributed by atoms with E-state index in [1.165, 1.54) is 11.8 Å². The smallest absolute Gasteiger partial charge is 0.319 e. The average Bonchev–Trinajstić information content (AvgIpc) is 3.27. The van der Waals surface area contributed by atoms with Crippen molar-refractivity contribution in [2.75, 3.05) is 30.9 Å². The van der Waals surface area contributed by atoms with Crippen LogP contribution in [0.1, 0.15) is 18.1 Å². The molecular formula is C21H22ClN3O3S. The summed E-state index contributed by atoms with van der Waals surface area (Å²) in [5, 5.41) is 3.45. The molecular weight excluding hydrogens is 410 g/mol. The van der Waals surface area contributed by atoms with Crippen LogP contribution in [0.5, 0.6) is 5.75 Å². The van der Waals surface area contributed by atoms with E-state index >= 15 is 0 Å². The van der Waals surface area contributed by atoms with E-state index < -0.39 is 4.87 Å². The predicted octanol–water partition coefficient (Wildman–Crippen LogP) is 3.83. The number of methoxy groups -OCH3 is 1. The van der Waals surface area contributed by atoms with Gasteiger partial charge in [-0.3, -0.25) is 9.69 Å². The molecule has 0 aromatic heterocycles. The van der Waals surface area contributed by atoms with Crippen molar-refractivity contribution < 1.29 is 14.3 Å². The number of ether oxygens (including phenoxy) is 1. The van der Waals surface area contributed by atoms with Gasteiger partial charge in [-0.05, 0) is 36.8 Å². The van der Waals surface area contributed by atoms with Crippen LogP contribution in [-0.4, -0.2) is 42.8 Å². The summed E-state index contributed by atoms with van der Waals surface area (Å²) in [5.41, 5.74) is 2.41. The van der Waals surface area contributed by atoms with Crippen LogP contribution in [0.15, 0.2) is 42.5 Å². The minimum absolute atomic E-state index is 0.130. The zero-order valence-corrected chi connectivity index (χ0v) is 17.8. The lowest BCUT2D eigenvalue weighted by atomic mass is 10.1. The Labute approximate surface area is 179 Å². The van der Waals surface area contributed by atoms with Gasteiger partial charge in [0.25, 0.3) is 5.91 Å². The number of hydrogen-bond donors (Lipinski definition) is 1. The Morgan fingerprint density at radius 1 is 1.31 bits per heavy atom. The van der Waals surface area contributed by atoms with Crippen LogP contribution >= 0.6 is 23.4 Å². The number of carbonyl (C=O) groups is 2. The number of fused-ring (bicyclic) bond motifs is 2. The van der Waals surface area contributed by atoms with E-state index in [0.717, 1.165) is 16.8 Å². The molecule has 2 aliphatic rings. The van der Waals surface area contributed by atoms with Gasteiger partial charge in [-0.1, -0.05) is 29.8 Å². The van der Waals surface area contributed by atoms with Crippen LogP contribution < -0.4 is 15.0 Å². The van der Waals surface area contributed by atoms with E-state index in [1.807, 2.05) is 49.4 Å². The largest absolute Gasteiger partial charge is 0.497 e. The Bertz CT molecular complexity index is 970. The number of hydrogen-bond acceptors (Lipinski definition) is 4. The van der Waals surface area contributed by atoms with Gasteiger partial charge in [0.15, 0.2) is 4.87 Å². The van der Waals surface area contributed by atoms with Gasteiger partial charge in [-0.15, -0.1) is 11.8 Å². The first-order valence-electron chi connectivity index (χ1n) is 9.46. The van der Waals surface area contributed by atoms with E-state index in [-0.39, 0.29) is 11.9 Å². The normalized spacial score (nSPS) is 20.3. The van der Waals surface area contributed by atoms with Gasteiger partial charge >= 0.3 is 6.03 Å². The fraction of sp³-hybridized carbons (Fsp3) is 0.333. The zero-order valence-electron chi connectivity index (χ0n) is 16.3. The molecule has 2 aromatic rings. The molecule has 2 aliphatic heterocycles. The number of benzene rings is 2. The molecule has 29 heavy (non-hydrogen) atoms. The minimum atomic E-state index is -1.09. The SMILES string of the molecule is CCNC(=O)N1CCSC12C(=O)N(Cc1ccccc1Cl)c1ccc(OC)cc12. The molecule has 0 bridgehead atoms. The Morgan fingerprint density at radius 2 is 2.10 bits per heavy atom. The first-order chi connectivity index (χ1) is 14.0. The van der Waals surface area contributed by atoms with Crippen molar-refractivity contribution in [3.63, 3.8) is 0 Å². The first kappa shape index (κ1) is 19.9. The lowest BCUT2D eigenvalue weighted by Gasteiger charge is -2.33. The molecule has 1 fully saturated rings. The summed E-state index contributed by atoms with van der Waals surface area (Å²) >= 11 is 7.85. The Morgan fingerprint density at radius 3 is 2.83 bits per heavy atom. The van der Waals surface area contributed by atoms with Crippen molar-refractivity contribution in [3.8, 4) is 5.75 Å². The minimum Gasteiger partial charge on any atom is -0.497 e. The zero-order chi connectivity index (χ0) is 20.6. The maximum atomic E-state index is 13.8. The maximum absolute atomic E-state index is 13.8. The summed E-state index contributed by atoms with van der Waals surface area (Å²) in [6.07, 6.45) is 0. The highest BCUT2D eigenvalue weighted by molar-refractivity contribution is 8.01. The highest BCUT2D eigenvalue weighted by Gasteiger charge is 2.59. The molecule has 0 radical (unpaired) electrons. The van der Waals surface area contributed by atoms with Crippen molar-refractivity contribution in [3.05, 3.63) is 58.6 Å². The molecule has 0 aliphatic carbocycles. The molecule has 3 amide bonds. The van der Waals surface area contributed by atoms with Gasteiger partial charge in [-0.2, -0.15) is 0 Å². The van der Waals surface area contributed by atoms with Gasteiger partial charge in [0, 0.05) is 29.4 Å². The van der Waals surface area contributed by atoms with Crippen LogP contribution in [0, 0.1) is 0 Å². The summed E-state index contributed by atoms with van der Waals surface area (Å²) in [7, 11) is 1.59. The van der Waals surface area contributed by atoms with Gasteiger partial charge < -0.3 is 15.0 Å². The van der Waals surface area contributed by atoms with Gasteiger partial charge in [0.1, 0.15) is 5.75 Å². The number of urea groups is 1. The Hall–Kier alpha value is -2.38.